The Bertz CT molecular complexity index is 656. The summed E-state index contributed by atoms with van der Waals surface area (Å²) >= 11 is 17.7. The number of halogens is 3. The van der Waals surface area contributed by atoms with Crippen LogP contribution >= 0.6 is 34.8 Å². The van der Waals surface area contributed by atoms with E-state index in [1.165, 1.54) is 12.1 Å². The highest BCUT2D eigenvalue weighted by Crippen LogP contribution is 2.26. The van der Waals surface area contributed by atoms with Gasteiger partial charge in [-0.15, -0.1) is 0 Å². The Labute approximate surface area is 130 Å². The van der Waals surface area contributed by atoms with Gasteiger partial charge in [0.2, 0.25) is 0 Å². The first-order valence-corrected chi connectivity index (χ1v) is 6.70. The Morgan fingerprint density at radius 3 is 2.40 bits per heavy atom. The van der Waals surface area contributed by atoms with E-state index in [4.69, 9.17) is 44.6 Å². The molecule has 0 radical (unpaired) electrons. The molecule has 0 atom stereocenters. The number of rotatable bonds is 4. The lowest BCUT2D eigenvalue weighted by Crippen LogP contribution is -2.03. The van der Waals surface area contributed by atoms with E-state index < -0.39 is 5.97 Å². The molecular formula is C14H9Cl3O3. The quantitative estimate of drug-likeness (QED) is 0.864. The third kappa shape index (κ3) is 3.57. The predicted molar refractivity (Wildman–Crippen MR) is 79.2 cm³/mol. The Balaban J connectivity index is 2.23. The molecule has 2 aromatic carbocycles. The van der Waals surface area contributed by atoms with Gasteiger partial charge in [-0.3, -0.25) is 0 Å². The van der Waals surface area contributed by atoms with E-state index in [2.05, 4.69) is 0 Å². The van der Waals surface area contributed by atoms with Crippen molar-refractivity contribution in [1.29, 1.82) is 0 Å². The standard InChI is InChI=1S/C14H9Cl3O3/c15-9-1-3-12(17)8(5-9)7-20-13-4-2-10(16)6-11(13)14(18)19/h1-6H,7H2,(H,18,19). The van der Waals surface area contributed by atoms with Gasteiger partial charge in [-0.2, -0.15) is 0 Å². The molecule has 0 unspecified atom stereocenters. The minimum Gasteiger partial charge on any atom is -0.488 e. The molecule has 0 spiro atoms. The maximum Gasteiger partial charge on any atom is 0.339 e. The monoisotopic (exact) mass is 330 g/mol. The summed E-state index contributed by atoms with van der Waals surface area (Å²) in [5.41, 5.74) is 0.668. The van der Waals surface area contributed by atoms with E-state index in [1.807, 2.05) is 0 Å². The van der Waals surface area contributed by atoms with Crippen molar-refractivity contribution in [3.05, 3.63) is 62.6 Å². The first-order valence-electron chi connectivity index (χ1n) is 5.57. The Morgan fingerprint density at radius 1 is 1.05 bits per heavy atom. The fourth-order valence-corrected chi connectivity index (χ4v) is 2.14. The molecule has 6 heteroatoms. The normalized spacial score (nSPS) is 10.3. The second-order valence-electron chi connectivity index (χ2n) is 3.97. The number of hydrogen-bond acceptors (Lipinski definition) is 2. The summed E-state index contributed by atoms with van der Waals surface area (Å²) in [7, 11) is 0. The third-order valence-corrected chi connectivity index (χ3v) is 3.40. The van der Waals surface area contributed by atoms with Crippen LogP contribution in [0.2, 0.25) is 15.1 Å². The van der Waals surface area contributed by atoms with Crippen LogP contribution in [0.25, 0.3) is 0 Å². The zero-order valence-electron chi connectivity index (χ0n) is 10.1. The number of carboxylic acid groups (broad SMARTS) is 1. The zero-order chi connectivity index (χ0) is 14.7. The molecule has 0 aliphatic heterocycles. The van der Waals surface area contributed by atoms with E-state index in [9.17, 15) is 4.79 Å². The minimum atomic E-state index is -1.11. The van der Waals surface area contributed by atoms with Gasteiger partial charge in [0.1, 0.15) is 17.9 Å². The molecule has 1 N–H and O–H groups in total. The fourth-order valence-electron chi connectivity index (χ4n) is 1.60. The zero-order valence-corrected chi connectivity index (χ0v) is 12.3. The average molecular weight is 332 g/mol. The van der Waals surface area contributed by atoms with Crippen molar-refractivity contribution in [3.63, 3.8) is 0 Å². The molecule has 104 valence electrons. The van der Waals surface area contributed by atoms with E-state index in [-0.39, 0.29) is 17.9 Å². The highest BCUT2D eigenvalue weighted by atomic mass is 35.5. The molecule has 0 aliphatic rings. The molecule has 3 nitrogen and oxygen atoms in total. The van der Waals surface area contributed by atoms with Gasteiger partial charge in [-0.25, -0.2) is 4.79 Å². The van der Waals surface area contributed by atoms with Crippen molar-refractivity contribution >= 4 is 40.8 Å². The lowest BCUT2D eigenvalue weighted by atomic mass is 10.2. The smallest absolute Gasteiger partial charge is 0.339 e. The topological polar surface area (TPSA) is 46.5 Å². The minimum absolute atomic E-state index is 0.00403. The Morgan fingerprint density at radius 2 is 1.70 bits per heavy atom. The highest BCUT2D eigenvalue weighted by molar-refractivity contribution is 6.33. The summed E-state index contributed by atoms with van der Waals surface area (Å²) in [6, 6.07) is 9.38. The van der Waals surface area contributed by atoms with Crippen LogP contribution in [0.4, 0.5) is 0 Å². The van der Waals surface area contributed by atoms with Crippen LogP contribution in [0.1, 0.15) is 15.9 Å². The molecule has 0 heterocycles. The molecule has 0 saturated heterocycles. The molecule has 0 bridgehead atoms. The first-order chi connectivity index (χ1) is 9.47. The summed E-state index contributed by atoms with van der Waals surface area (Å²) in [5.74, 6) is -0.891. The van der Waals surface area contributed by atoms with E-state index >= 15 is 0 Å². The van der Waals surface area contributed by atoms with Crippen LogP contribution in [-0.2, 0) is 6.61 Å². The molecule has 0 aliphatic carbocycles. The number of aromatic carboxylic acids is 1. The summed E-state index contributed by atoms with van der Waals surface area (Å²) < 4.78 is 5.49. The Kier molecular flexibility index (Phi) is 4.76. The van der Waals surface area contributed by atoms with Crippen LogP contribution in [0.5, 0.6) is 5.75 Å². The van der Waals surface area contributed by atoms with Crippen LogP contribution < -0.4 is 4.74 Å². The second kappa shape index (κ2) is 6.35. The SMILES string of the molecule is O=C(O)c1cc(Cl)ccc1OCc1cc(Cl)ccc1Cl. The van der Waals surface area contributed by atoms with Crippen molar-refractivity contribution in [2.45, 2.75) is 6.61 Å². The maximum absolute atomic E-state index is 11.1. The fraction of sp³-hybridized carbons (Fsp3) is 0.0714. The van der Waals surface area contributed by atoms with E-state index in [1.54, 1.807) is 24.3 Å². The summed E-state index contributed by atoms with van der Waals surface area (Å²) in [4.78, 5) is 11.1. The molecule has 0 aromatic heterocycles. The van der Waals surface area contributed by atoms with Gasteiger partial charge in [0.25, 0.3) is 0 Å². The van der Waals surface area contributed by atoms with Crippen LogP contribution in [-0.4, -0.2) is 11.1 Å². The molecule has 0 amide bonds. The molecule has 20 heavy (non-hydrogen) atoms. The number of hydrogen-bond donors (Lipinski definition) is 1. The van der Waals surface area contributed by atoms with Gasteiger partial charge in [0.05, 0.1) is 0 Å². The first kappa shape index (κ1) is 15.0. The van der Waals surface area contributed by atoms with Gasteiger partial charge >= 0.3 is 5.97 Å². The lowest BCUT2D eigenvalue weighted by molar-refractivity contribution is 0.0692. The summed E-state index contributed by atoms with van der Waals surface area (Å²) in [6.07, 6.45) is 0. The molecule has 2 rings (SSSR count). The number of ether oxygens (including phenoxy) is 1. The number of benzene rings is 2. The number of carbonyl (C=O) groups is 1. The van der Waals surface area contributed by atoms with Crippen molar-refractivity contribution in [2.24, 2.45) is 0 Å². The van der Waals surface area contributed by atoms with Crippen molar-refractivity contribution in [2.75, 3.05) is 0 Å². The van der Waals surface area contributed by atoms with Crippen LogP contribution in [0.3, 0.4) is 0 Å². The van der Waals surface area contributed by atoms with Gasteiger partial charge in [-0.05, 0) is 36.4 Å². The van der Waals surface area contributed by atoms with Crippen molar-refractivity contribution in [1.82, 2.24) is 0 Å². The number of carboxylic acids is 1. The molecular weight excluding hydrogens is 323 g/mol. The van der Waals surface area contributed by atoms with Gasteiger partial charge in [-0.1, -0.05) is 34.8 Å². The highest BCUT2D eigenvalue weighted by Gasteiger charge is 2.12. The second-order valence-corrected chi connectivity index (χ2v) is 5.25. The predicted octanol–water partition coefficient (Wildman–Crippen LogP) is 4.92. The lowest BCUT2D eigenvalue weighted by Gasteiger charge is -2.10. The van der Waals surface area contributed by atoms with Gasteiger partial charge in [0, 0.05) is 20.6 Å². The summed E-state index contributed by atoms with van der Waals surface area (Å²) in [5, 5.41) is 10.5. The molecule has 0 fully saturated rings. The van der Waals surface area contributed by atoms with Crippen LogP contribution in [0, 0.1) is 0 Å². The van der Waals surface area contributed by atoms with E-state index in [0.717, 1.165) is 0 Å². The summed E-state index contributed by atoms with van der Waals surface area (Å²) in [6.45, 7) is 0.112. The third-order valence-electron chi connectivity index (χ3n) is 2.56. The molecule has 0 saturated carbocycles. The van der Waals surface area contributed by atoms with Crippen LogP contribution in [0.15, 0.2) is 36.4 Å². The largest absolute Gasteiger partial charge is 0.488 e. The van der Waals surface area contributed by atoms with Gasteiger partial charge < -0.3 is 9.84 Å². The van der Waals surface area contributed by atoms with Crippen molar-refractivity contribution in [3.8, 4) is 5.75 Å². The van der Waals surface area contributed by atoms with E-state index in [0.29, 0.717) is 20.6 Å². The maximum atomic E-state index is 11.1. The van der Waals surface area contributed by atoms with Gasteiger partial charge in [0.15, 0.2) is 0 Å². The van der Waals surface area contributed by atoms with Crippen molar-refractivity contribution < 1.29 is 14.6 Å². The Hall–Kier alpha value is -1.42. The average Bonchev–Trinajstić information content (AvgIpc) is 2.40. The molecule has 2 aromatic rings.